The van der Waals surface area contributed by atoms with Gasteiger partial charge in [0.2, 0.25) is 0 Å². The number of likely N-dealkylation sites (N-methyl/N-ethyl adjacent to an activating group) is 1. The minimum absolute atomic E-state index is 0.530. The zero-order valence-electron chi connectivity index (χ0n) is 14.7. The molecule has 1 aromatic rings. The summed E-state index contributed by atoms with van der Waals surface area (Å²) in [7, 11) is 5.73. The number of nitrogens with zero attached hydrogens (tertiary/aromatic N) is 2. The lowest BCUT2D eigenvalue weighted by Crippen LogP contribution is -2.40. The molecule has 1 aromatic carbocycles. The van der Waals surface area contributed by atoms with Crippen molar-refractivity contribution in [2.45, 2.75) is 24.9 Å². The third-order valence-electron chi connectivity index (χ3n) is 4.41. The van der Waals surface area contributed by atoms with E-state index < -0.39 is 5.60 Å². The van der Waals surface area contributed by atoms with Crippen molar-refractivity contribution in [1.82, 2.24) is 9.80 Å². The summed E-state index contributed by atoms with van der Waals surface area (Å²) in [5.41, 5.74) is 0.655. The fraction of sp³-hybridized carbons (Fsp3) is 0.579. The highest BCUT2D eigenvalue weighted by molar-refractivity contribution is 5.50. The average Bonchev–Trinajstić information content (AvgIpc) is 2.69. The smallest absolute Gasteiger partial charge is 0.118 e. The van der Waals surface area contributed by atoms with E-state index >= 15 is 0 Å². The molecule has 1 atom stereocenters. The molecular formula is C19H30N2O2. The van der Waals surface area contributed by atoms with Gasteiger partial charge in [0.1, 0.15) is 5.75 Å². The number of aliphatic hydroxyl groups is 1. The Morgan fingerprint density at radius 1 is 1.22 bits per heavy atom. The SMILES string of the molecule is COc1ccc(/C=C/CN2CCCC(O)(CN(C)C)CC2)cc1. The number of likely N-dealkylation sites (tertiary alicyclic amines) is 1. The maximum Gasteiger partial charge on any atom is 0.118 e. The van der Waals surface area contributed by atoms with Gasteiger partial charge in [-0.3, -0.25) is 4.90 Å². The van der Waals surface area contributed by atoms with Crippen molar-refractivity contribution in [3.63, 3.8) is 0 Å². The lowest BCUT2D eigenvalue weighted by atomic mass is 9.94. The average molecular weight is 318 g/mol. The summed E-state index contributed by atoms with van der Waals surface area (Å²) in [5, 5.41) is 10.7. The number of hydrogen-bond donors (Lipinski definition) is 1. The Hall–Kier alpha value is -1.36. The molecule has 1 fully saturated rings. The van der Waals surface area contributed by atoms with E-state index in [1.165, 1.54) is 5.56 Å². The number of rotatable bonds is 6. The quantitative estimate of drug-likeness (QED) is 0.874. The van der Waals surface area contributed by atoms with Gasteiger partial charge < -0.3 is 14.7 Å². The minimum Gasteiger partial charge on any atom is -0.497 e. The molecular weight excluding hydrogens is 288 g/mol. The van der Waals surface area contributed by atoms with E-state index in [0.29, 0.717) is 0 Å². The van der Waals surface area contributed by atoms with E-state index in [2.05, 4.69) is 34.1 Å². The van der Waals surface area contributed by atoms with Gasteiger partial charge in [-0.25, -0.2) is 0 Å². The Labute approximate surface area is 140 Å². The second kappa shape index (κ2) is 8.48. The van der Waals surface area contributed by atoms with Crippen LogP contribution >= 0.6 is 0 Å². The van der Waals surface area contributed by atoms with Crippen molar-refractivity contribution < 1.29 is 9.84 Å². The van der Waals surface area contributed by atoms with Crippen LogP contribution in [0.15, 0.2) is 30.3 Å². The summed E-state index contributed by atoms with van der Waals surface area (Å²) in [4.78, 5) is 4.51. The molecule has 4 nitrogen and oxygen atoms in total. The molecule has 1 aliphatic rings. The Morgan fingerprint density at radius 2 is 1.96 bits per heavy atom. The number of methoxy groups -OCH3 is 1. The van der Waals surface area contributed by atoms with Crippen LogP contribution < -0.4 is 4.74 Å². The van der Waals surface area contributed by atoms with E-state index in [9.17, 15) is 5.11 Å². The monoisotopic (exact) mass is 318 g/mol. The van der Waals surface area contributed by atoms with Crippen LogP contribution in [-0.4, -0.2) is 67.9 Å². The van der Waals surface area contributed by atoms with Crippen molar-refractivity contribution >= 4 is 6.08 Å². The van der Waals surface area contributed by atoms with Gasteiger partial charge in [-0.2, -0.15) is 0 Å². The molecule has 0 bridgehead atoms. The third kappa shape index (κ3) is 5.98. The first-order valence-electron chi connectivity index (χ1n) is 8.41. The van der Waals surface area contributed by atoms with Gasteiger partial charge in [0, 0.05) is 19.6 Å². The lowest BCUT2D eigenvalue weighted by Gasteiger charge is -2.29. The highest BCUT2D eigenvalue weighted by Gasteiger charge is 2.30. The number of benzene rings is 1. The van der Waals surface area contributed by atoms with Crippen molar-refractivity contribution in [3.8, 4) is 5.75 Å². The van der Waals surface area contributed by atoms with Crippen LogP contribution in [0.25, 0.3) is 6.08 Å². The van der Waals surface area contributed by atoms with E-state index in [1.807, 2.05) is 26.2 Å². The highest BCUT2D eigenvalue weighted by atomic mass is 16.5. The van der Waals surface area contributed by atoms with Crippen molar-refractivity contribution in [1.29, 1.82) is 0 Å². The van der Waals surface area contributed by atoms with Gasteiger partial charge in [-0.1, -0.05) is 24.3 Å². The third-order valence-corrected chi connectivity index (χ3v) is 4.41. The zero-order valence-corrected chi connectivity index (χ0v) is 14.7. The Bertz CT molecular complexity index is 499. The minimum atomic E-state index is -0.530. The van der Waals surface area contributed by atoms with Gasteiger partial charge in [-0.05, 0) is 57.6 Å². The number of ether oxygens (including phenoxy) is 1. The fourth-order valence-corrected chi connectivity index (χ4v) is 3.22. The molecule has 1 aliphatic heterocycles. The van der Waals surface area contributed by atoms with Gasteiger partial charge >= 0.3 is 0 Å². The molecule has 23 heavy (non-hydrogen) atoms. The van der Waals surface area contributed by atoms with Gasteiger partial charge in [0.25, 0.3) is 0 Å². The van der Waals surface area contributed by atoms with E-state index in [0.717, 1.165) is 51.2 Å². The van der Waals surface area contributed by atoms with Crippen molar-refractivity contribution in [3.05, 3.63) is 35.9 Å². The predicted molar refractivity (Wildman–Crippen MR) is 95.8 cm³/mol. The molecule has 0 aliphatic carbocycles. The van der Waals surface area contributed by atoms with Crippen molar-refractivity contribution in [2.24, 2.45) is 0 Å². The van der Waals surface area contributed by atoms with Crippen LogP contribution in [0.4, 0.5) is 0 Å². The first-order valence-corrected chi connectivity index (χ1v) is 8.41. The van der Waals surface area contributed by atoms with Crippen molar-refractivity contribution in [2.75, 3.05) is 47.4 Å². The van der Waals surface area contributed by atoms with Gasteiger partial charge in [0.05, 0.1) is 12.7 Å². The Balaban J connectivity index is 1.82. The highest BCUT2D eigenvalue weighted by Crippen LogP contribution is 2.23. The molecule has 1 saturated heterocycles. The maximum atomic E-state index is 10.7. The van der Waals surface area contributed by atoms with Crippen LogP contribution in [0.3, 0.4) is 0 Å². The molecule has 1 unspecified atom stereocenters. The molecule has 0 radical (unpaired) electrons. The van der Waals surface area contributed by atoms with Crippen LogP contribution in [0.1, 0.15) is 24.8 Å². The molecule has 128 valence electrons. The fourth-order valence-electron chi connectivity index (χ4n) is 3.22. The Kier molecular flexibility index (Phi) is 6.63. The first-order chi connectivity index (χ1) is 11.0. The molecule has 1 N–H and O–H groups in total. The summed E-state index contributed by atoms with van der Waals surface area (Å²) in [5.74, 6) is 0.884. The Morgan fingerprint density at radius 3 is 2.61 bits per heavy atom. The van der Waals surface area contributed by atoms with Crippen LogP contribution in [-0.2, 0) is 0 Å². The summed E-state index contributed by atoms with van der Waals surface area (Å²) in [6.07, 6.45) is 7.15. The second-order valence-corrected chi connectivity index (χ2v) is 6.79. The van der Waals surface area contributed by atoms with Crippen LogP contribution in [0, 0.1) is 0 Å². The normalized spacial score (nSPS) is 23.3. The lowest BCUT2D eigenvalue weighted by molar-refractivity contribution is 0.00297. The molecule has 0 saturated carbocycles. The second-order valence-electron chi connectivity index (χ2n) is 6.79. The largest absolute Gasteiger partial charge is 0.497 e. The van der Waals surface area contributed by atoms with Gasteiger partial charge in [0.15, 0.2) is 0 Å². The summed E-state index contributed by atoms with van der Waals surface area (Å²) < 4.78 is 5.17. The summed E-state index contributed by atoms with van der Waals surface area (Å²) in [6.45, 7) is 3.70. The predicted octanol–water partition coefficient (Wildman–Crippen LogP) is 2.49. The molecule has 0 aromatic heterocycles. The molecule has 0 spiro atoms. The standard InChI is InChI=1S/C19H30N2O2/c1-20(2)16-19(22)11-5-14-21(15-12-19)13-4-6-17-7-9-18(23-3)10-8-17/h4,6-10,22H,5,11-16H2,1-3H3/b6-4+. The molecule has 2 rings (SSSR count). The van der Waals surface area contributed by atoms with E-state index in [-0.39, 0.29) is 0 Å². The van der Waals surface area contributed by atoms with E-state index in [4.69, 9.17) is 4.74 Å². The maximum absolute atomic E-state index is 10.7. The first kappa shape index (κ1) is 18.0. The topological polar surface area (TPSA) is 35.9 Å². The van der Waals surface area contributed by atoms with Crippen LogP contribution in [0.2, 0.25) is 0 Å². The number of hydrogen-bond acceptors (Lipinski definition) is 4. The van der Waals surface area contributed by atoms with E-state index in [1.54, 1.807) is 7.11 Å². The van der Waals surface area contributed by atoms with Crippen LogP contribution in [0.5, 0.6) is 5.75 Å². The molecule has 4 heteroatoms. The summed E-state index contributed by atoms with van der Waals surface area (Å²) in [6, 6.07) is 8.08. The zero-order chi connectivity index (χ0) is 16.7. The molecule has 1 heterocycles. The molecule has 0 amide bonds. The van der Waals surface area contributed by atoms with Gasteiger partial charge in [-0.15, -0.1) is 0 Å². The summed E-state index contributed by atoms with van der Waals surface area (Å²) >= 11 is 0.